The number of nitriles is 1. The van der Waals surface area contributed by atoms with Crippen LogP contribution in [0.2, 0.25) is 0 Å². The van der Waals surface area contributed by atoms with E-state index in [2.05, 4.69) is 15.1 Å². The van der Waals surface area contributed by atoms with Gasteiger partial charge in [-0.2, -0.15) is 10.2 Å². The van der Waals surface area contributed by atoms with Gasteiger partial charge in [0.05, 0.1) is 5.39 Å². The number of carbonyl (C=O) groups excluding carboxylic acids is 1. The third-order valence-corrected chi connectivity index (χ3v) is 4.97. The first kappa shape index (κ1) is 19.9. The van der Waals surface area contributed by atoms with Gasteiger partial charge >= 0.3 is 6.09 Å². The SMILES string of the molecule is CC(C)(C)OC(=O)N1CCC(Cc2noc(-c3cc4c(C#N)nccc4o3)n2)CC1. The number of piperidine rings is 1. The monoisotopic (exact) mass is 409 g/mol. The van der Waals surface area contributed by atoms with E-state index in [1.54, 1.807) is 17.0 Å². The maximum Gasteiger partial charge on any atom is 0.410 e. The number of furan rings is 1. The molecule has 30 heavy (non-hydrogen) atoms. The number of nitrogens with zero attached hydrogens (tertiary/aromatic N) is 5. The second-order valence-corrected chi connectivity index (χ2v) is 8.42. The largest absolute Gasteiger partial charge is 0.451 e. The van der Waals surface area contributed by atoms with Crippen LogP contribution >= 0.6 is 0 Å². The van der Waals surface area contributed by atoms with Gasteiger partial charge in [0, 0.05) is 31.8 Å². The molecule has 1 amide bonds. The maximum absolute atomic E-state index is 12.2. The second-order valence-electron chi connectivity index (χ2n) is 8.42. The van der Waals surface area contributed by atoms with Gasteiger partial charge in [-0.3, -0.25) is 0 Å². The Morgan fingerprint density at radius 3 is 2.83 bits per heavy atom. The molecule has 0 atom stereocenters. The minimum Gasteiger partial charge on any atom is -0.451 e. The van der Waals surface area contributed by atoms with Gasteiger partial charge in [-0.25, -0.2) is 9.78 Å². The zero-order chi connectivity index (χ0) is 21.3. The number of rotatable bonds is 3. The molecule has 1 aliphatic rings. The average molecular weight is 409 g/mol. The van der Waals surface area contributed by atoms with Crippen molar-refractivity contribution in [2.45, 2.75) is 45.6 Å². The summed E-state index contributed by atoms with van der Waals surface area (Å²) >= 11 is 0. The van der Waals surface area contributed by atoms with Gasteiger partial charge in [-0.15, -0.1) is 0 Å². The van der Waals surface area contributed by atoms with Crippen molar-refractivity contribution in [3.63, 3.8) is 0 Å². The van der Waals surface area contributed by atoms with Crippen LogP contribution in [0.3, 0.4) is 0 Å². The van der Waals surface area contributed by atoms with Crippen LogP contribution in [0.5, 0.6) is 0 Å². The van der Waals surface area contributed by atoms with E-state index in [4.69, 9.17) is 13.7 Å². The van der Waals surface area contributed by atoms with Crippen molar-refractivity contribution < 1.29 is 18.5 Å². The van der Waals surface area contributed by atoms with Gasteiger partial charge in [0.2, 0.25) is 0 Å². The first-order chi connectivity index (χ1) is 14.3. The highest BCUT2D eigenvalue weighted by Gasteiger charge is 2.28. The summed E-state index contributed by atoms with van der Waals surface area (Å²) in [7, 11) is 0. The number of ether oxygens (including phenoxy) is 1. The molecule has 0 saturated carbocycles. The molecule has 0 radical (unpaired) electrons. The van der Waals surface area contributed by atoms with Crippen LogP contribution in [-0.2, 0) is 11.2 Å². The van der Waals surface area contributed by atoms with Crippen molar-refractivity contribution in [3.8, 4) is 17.7 Å². The number of likely N-dealkylation sites (tertiary alicyclic amines) is 1. The van der Waals surface area contributed by atoms with E-state index in [0.717, 1.165) is 12.8 Å². The van der Waals surface area contributed by atoms with E-state index in [1.165, 1.54) is 6.20 Å². The average Bonchev–Trinajstić information content (AvgIpc) is 3.33. The van der Waals surface area contributed by atoms with Crippen LogP contribution < -0.4 is 0 Å². The zero-order valence-corrected chi connectivity index (χ0v) is 17.2. The molecule has 1 saturated heterocycles. The number of fused-ring (bicyclic) bond motifs is 1. The van der Waals surface area contributed by atoms with Crippen LogP contribution in [0.4, 0.5) is 4.79 Å². The summed E-state index contributed by atoms with van der Waals surface area (Å²) in [6, 6.07) is 5.43. The molecule has 3 aromatic rings. The number of amides is 1. The predicted octanol–water partition coefficient (Wildman–Crippen LogP) is 3.94. The zero-order valence-electron chi connectivity index (χ0n) is 17.2. The summed E-state index contributed by atoms with van der Waals surface area (Å²) < 4.78 is 16.5. The van der Waals surface area contributed by atoms with E-state index in [0.29, 0.717) is 53.7 Å². The van der Waals surface area contributed by atoms with Gasteiger partial charge in [0.15, 0.2) is 17.3 Å². The van der Waals surface area contributed by atoms with Crippen LogP contribution in [0.25, 0.3) is 22.6 Å². The molecule has 1 fully saturated rings. The molecule has 4 rings (SSSR count). The lowest BCUT2D eigenvalue weighted by Gasteiger charge is -2.33. The van der Waals surface area contributed by atoms with Crippen LogP contribution in [0.1, 0.15) is 45.1 Å². The molecule has 156 valence electrons. The van der Waals surface area contributed by atoms with Crippen molar-refractivity contribution in [1.82, 2.24) is 20.0 Å². The van der Waals surface area contributed by atoms with E-state index in [1.807, 2.05) is 26.8 Å². The lowest BCUT2D eigenvalue weighted by atomic mass is 9.93. The summed E-state index contributed by atoms with van der Waals surface area (Å²) in [6.07, 6.45) is 3.63. The molecular weight excluding hydrogens is 386 g/mol. The quantitative estimate of drug-likeness (QED) is 0.638. The molecule has 9 nitrogen and oxygen atoms in total. The summed E-state index contributed by atoms with van der Waals surface area (Å²) in [5.41, 5.74) is 0.347. The Hall–Kier alpha value is -3.41. The number of hydrogen-bond acceptors (Lipinski definition) is 8. The van der Waals surface area contributed by atoms with Crippen LogP contribution in [-0.4, -0.2) is 44.8 Å². The fourth-order valence-electron chi connectivity index (χ4n) is 3.50. The summed E-state index contributed by atoms with van der Waals surface area (Å²) in [5, 5.41) is 13.9. The smallest absolute Gasteiger partial charge is 0.410 e. The van der Waals surface area contributed by atoms with Crippen LogP contribution in [0, 0.1) is 17.2 Å². The molecular formula is C21H23N5O4. The van der Waals surface area contributed by atoms with Gasteiger partial charge < -0.3 is 18.6 Å². The highest BCUT2D eigenvalue weighted by atomic mass is 16.6. The molecule has 0 bridgehead atoms. The van der Waals surface area contributed by atoms with Gasteiger partial charge in [-0.05, 0) is 45.6 Å². The summed E-state index contributed by atoms with van der Waals surface area (Å²) in [4.78, 5) is 22.4. The molecule has 3 aromatic heterocycles. The lowest BCUT2D eigenvalue weighted by Crippen LogP contribution is -2.42. The fourth-order valence-corrected chi connectivity index (χ4v) is 3.50. The van der Waals surface area contributed by atoms with Gasteiger partial charge in [-0.1, -0.05) is 5.16 Å². The van der Waals surface area contributed by atoms with Crippen LogP contribution in [0.15, 0.2) is 27.3 Å². The first-order valence-electron chi connectivity index (χ1n) is 9.92. The number of carbonyl (C=O) groups is 1. The third-order valence-electron chi connectivity index (χ3n) is 4.97. The Morgan fingerprint density at radius 1 is 1.37 bits per heavy atom. The molecule has 9 heteroatoms. The molecule has 1 aliphatic heterocycles. The van der Waals surface area contributed by atoms with Crippen molar-refractivity contribution >= 4 is 17.1 Å². The summed E-state index contributed by atoms with van der Waals surface area (Å²) in [5.74, 6) is 1.64. The number of aromatic nitrogens is 3. The number of pyridine rings is 1. The molecule has 0 aliphatic carbocycles. The Kier molecular flexibility index (Phi) is 5.16. The normalized spacial score (nSPS) is 15.3. The molecule has 4 heterocycles. The van der Waals surface area contributed by atoms with Gasteiger partial charge in [0.1, 0.15) is 17.3 Å². The van der Waals surface area contributed by atoms with Crippen molar-refractivity contribution in [2.24, 2.45) is 5.92 Å². The van der Waals surface area contributed by atoms with Crippen molar-refractivity contribution in [2.75, 3.05) is 13.1 Å². The number of hydrogen-bond donors (Lipinski definition) is 0. The Labute approximate surface area is 173 Å². The molecule has 0 spiro atoms. The Bertz CT molecular complexity index is 1100. The fraction of sp³-hybridized carbons (Fsp3) is 0.476. The first-order valence-corrected chi connectivity index (χ1v) is 9.92. The standard InChI is InChI=1S/C21H23N5O4/c1-21(2,3)29-20(27)26-8-5-13(6-9-26)10-18-24-19(30-25-18)17-11-14-15(12-22)23-7-4-16(14)28-17/h4,7,11,13H,5-6,8-10H2,1-3H3. The topological polar surface area (TPSA) is 118 Å². The minimum absolute atomic E-state index is 0.265. The van der Waals surface area contributed by atoms with Crippen molar-refractivity contribution in [3.05, 3.63) is 29.8 Å². The van der Waals surface area contributed by atoms with E-state index in [9.17, 15) is 10.1 Å². The molecule has 0 N–H and O–H groups in total. The summed E-state index contributed by atoms with van der Waals surface area (Å²) in [6.45, 7) is 6.90. The molecule has 0 aromatic carbocycles. The van der Waals surface area contributed by atoms with Crippen molar-refractivity contribution in [1.29, 1.82) is 5.26 Å². The molecule has 0 unspecified atom stereocenters. The maximum atomic E-state index is 12.2. The Balaban J connectivity index is 1.38. The minimum atomic E-state index is -0.490. The van der Waals surface area contributed by atoms with E-state index in [-0.39, 0.29) is 12.0 Å². The van der Waals surface area contributed by atoms with E-state index < -0.39 is 5.60 Å². The third kappa shape index (κ3) is 4.27. The predicted molar refractivity (Wildman–Crippen MR) is 106 cm³/mol. The second kappa shape index (κ2) is 7.78. The van der Waals surface area contributed by atoms with E-state index >= 15 is 0 Å². The highest BCUT2D eigenvalue weighted by molar-refractivity contribution is 5.85. The lowest BCUT2D eigenvalue weighted by molar-refractivity contribution is 0.0183. The Morgan fingerprint density at radius 2 is 2.13 bits per heavy atom. The van der Waals surface area contributed by atoms with Gasteiger partial charge in [0.25, 0.3) is 5.89 Å². The highest BCUT2D eigenvalue weighted by Crippen LogP contribution is 2.29.